The Morgan fingerprint density at radius 3 is 2.03 bits per heavy atom. The minimum absolute atomic E-state index is 0.0171. The predicted molar refractivity (Wildman–Crippen MR) is 229 cm³/mol. The molecule has 0 spiro atoms. The van der Waals surface area contributed by atoms with Crippen molar-refractivity contribution in [2.75, 3.05) is 61.1 Å². The van der Waals surface area contributed by atoms with Gasteiger partial charge in [-0.15, -0.1) is 0 Å². The largest absolute Gasteiger partial charge is 0.467 e. The van der Waals surface area contributed by atoms with Gasteiger partial charge in [0, 0.05) is 60.4 Å². The van der Waals surface area contributed by atoms with Crippen LogP contribution in [0.15, 0.2) is 30.3 Å². The Morgan fingerprint density at radius 1 is 0.885 bits per heavy atom. The van der Waals surface area contributed by atoms with Crippen molar-refractivity contribution >= 4 is 35.8 Å². The Balaban J connectivity index is 1.46. The van der Waals surface area contributed by atoms with Gasteiger partial charge in [-0.05, 0) is 56.9 Å². The van der Waals surface area contributed by atoms with Crippen molar-refractivity contribution in [1.29, 1.82) is 0 Å². The Kier molecular flexibility index (Phi) is 17.0. The molecule has 2 saturated heterocycles. The number of rotatable bonds is 18. The highest BCUT2D eigenvalue weighted by Gasteiger charge is 2.69. The number of methoxy groups -OCH3 is 3. The summed E-state index contributed by atoms with van der Waals surface area (Å²) < 4.78 is 22.7. The number of likely N-dealkylation sites (tertiary alicyclic amines) is 1. The van der Waals surface area contributed by atoms with Crippen molar-refractivity contribution in [3.05, 3.63) is 35.9 Å². The molecule has 1 aromatic rings. The zero-order valence-corrected chi connectivity index (χ0v) is 38.5. The van der Waals surface area contributed by atoms with Gasteiger partial charge in [0.25, 0.3) is 0 Å². The molecule has 16 nitrogen and oxygen atoms in total. The molecular formula is C45H72N6O10. The highest BCUT2D eigenvalue weighted by molar-refractivity contribution is 5.88. The highest BCUT2D eigenvalue weighted by atomic mass is 16.6. The van der Waals surface area contributed by atoms with E-state index in [1.807, 2.05) is 62.9 Å². The van der Waals surface area contributed by atoms with E-state index in [4.69, 9.17) is 18.9 Å². The van der Waals surface area contributed by atoms with Gasteiger partial charge in [-0.3, -0.25) is 14.4 Å². The van der Waals surface area contributed by atoms with Crippen molar-refractivity contribution in [2.45, 2.75) is 129 Å². The van der Waals surface area contributed by atoms with Crippen LogP contribution in [0.1, 0.15) is 86.6 Å². The molecule has 1 aliphatic carbocycles. The van der Waals surface area contributed by atoms with E-state index in [1.54, 1.807) is 63.7 Å². The quantitative estimate of drug-likeness (QED) is 0.205. The van der Waals surface area contributed by atoms with Crippen LogP contribution in [0.25, 0.3) is 0 Å². The van der Waals surface area contributed by atoms with Crippen molar-refractivity contribution < 1.29 is 47.7 Å². The topological polar surface area (TPSA) is 176 Å². The number of nitrogens with one attached hydrogen (secondary N) is 2. The van der Waals surface area contributed by atoms with Crippen LogP contribution in [0.2, 0.25) is 0 Å². The normalized spacial score (nSPS) is 22.2. The van der Waals surface area contributed by atoms with E-state index in [1.165, 1.54) is 7.11 Å². The van der Waals surface area contributed by atoms with Gasteiger partial charge in [-0.1, -0.05) is 71.4 Å². The lowest BCUT2D eigenvalue weighted by atomic mass is 9.89. The molecule has 6 amide bonds. The van der Waals surface area contributed by atoms with Crippen molar-refractivity contribution in [2.24, 2.45) is 23.7 Å². The van der Waals surface area contributed by atoms with E-state index >= 15 is 0 Å². The Morgan fingerprint density at radius 2 is 1.51 bits per heavy atom. The number of hydrogen-bond acceptors (Lipinski definition) is 10. The first-order valence-corrected chi connectivity index (χ1v) is 21.8. The summed E-state index contributed by atoms with van der Waals surface area (Å²) in [6, 6.07) is 6.70. The standard InChI is InChI=1S/C45H72N6O10/c1-13-29(4)37(48(9)40(54)36(28(2)3)47-42(56)49-21-23-50(24-22-49)43(57)61-44(6,7)8)34(58-10)26-35(52)51-20-19-32-27-45(32,51)38(59-11)30(5)39(53)46-33(41(55)60-12)25-31-17-15-14-16-18-31/h14-18,28-30,32-34,36-38H,13,19-27H2,1-12H3,(H,46,53)(H,47,56)/t29-,30+,32?,33-,34+,36-,37-,38?,45-/m0/s1. The number of carbonyl (C=O) groups excluding carboxylic acids is 6. The second-order valence-corrected chi connectivity index (χ2v) is 18.4. The molecule has 4 rings (SSSR count). The van der Waals surface area contributed by atoms with Crippen molar-refractivity contribution in [3.8, 4) is 0 Å². The van der Waals surface area contributed by atoms with Crippen LogP contribution in [0.5, 0.6) is 0 Å². The van der Waals surface area contributed by atoms with Gasteiger partial charge in [0.2, 0.25) is 17.7 Å². The summed E-state index contributed by atoms with van der Waals surface area (Å²) in [6.45, 7) is 16.7. The highest BCUT2D eigenvalue weighted by Crippen LogP contribution is 2.60. The van der Waals surface area contributed by atoms with Crippen LogP contribution in [0.3, 0.4) is 0 Å². The van der Waals surface area contributed by atoms with Crippen LogP contribution < -0.4 is 10.6 Å². The number of esters is 1. The van der Waals surface area contributed by atoms with E-state index in [-0.39, 0.29) is 61.4 Å². The van der Waals surface area contributed by atoms with Gasteiger partial charge in [-0.25, -0.2) is 14.4 Å². The third-order valence-corrected chi connectivity index (χ3v) is 12.8. The fourth-order valence-corrected chi connectivity index (χ4v) is 9.23. The molecule has 342 valence electrons. The third kappa shape index (κ3) is 11.7. The van der Waals surface area contributed by atoms with E-state index in [2.05, 4.69) is 10.6 Å². The summed E-state index contributed by atoms with van der Waals surface area (Å²) in [5.74, 6) is -2.29. The summed E-state index contributed by atoms with van der Waals surface area (Å²) in [6.07, 6.45) is 0.614. The molecule has 0 radical (unpaired) electrons. The van der Waals surface area contributed by atoms with Crippen LogP contribution in [0.4, 0.5) is 9.59 Å². The zero-order chi connectivity index (χ0) is 45.4. The third-order valence-electron chi connectivity index (χ3n) is 12.8. The number of nitrogens with zero attached hydrogens (tertiary/aromatic N) is 4. The molecule has 2 heterocycles. The summed E-state index contributed by atoms with van der Waals surface area (Å²) >= 11 is 0. The summed E-state index contributed by atoms with van der Waals surface area (Å²) in [7, 11) is 6.08. The second kappa shape index (κ2) is 21.1. The fourth-order valence-electron chi connectivity index (χ4n) is 9.23. The van der Waals surface area contributed by atoms with Gasteiger partial charge in [0.15, 0.2) is 0 Å². The van der Waals surface area contributed by atoms with E-state index in [9.17, 15) is 28.8 Å². The molecule has 61 heavy (non-hydrogen) atoms. The van der Waals surface area contributed by atoms with Gasteiger partial charge in [0.05, 0.1) is 43.2 Å². The van der Waals surface area contributed by atoms with E-state index in [0.717, 1.165) is 12.0 Å². The first-order valence-electron chi connectivity index (χ1n) is 21.8. The molecule has 0 aromatic heterocycles. The first kappa shape index (κ1) is 49.2. The second-order valence-electron chi connectivity index (χ2n) is 18.4. The first-order chi connectivity index (χ1) is 28.7. The number of fused-ring (bicyclic) bond motifs is 1. The van der Waals surface area contributed by atoms with E-state index < -0.39 is 65.5 Å². The molecule has 16 heteroatoms. The average Bonchev–Trinajstić information content (AvgIpc) is 3.83. The van der Waals surface area contributed by atoms with Crippen LogP contribution in [-0.2, 0) is 44.5 Å². The van der Waals surface area contributed by atoms with E-state index in [0.29, 0.717) is 32.5 Å². The maximum Gasteiger partial charge on any atom is 0.410 e. The lowest BCUT2D eigenvalue weighted by Crippen LogP contribution is -2.60. The number of amides is 6. The maximum atomic E-state index is 14.5. The molecule has 1 aromatic carbocycles. The Bertz CT molecular complexity index is 1680. The maximum absolute atomic E-state index is 14.5. The minimum atomic E-state index is -0.904. The number of likely N-dealkylation sites (N-methyl/N-ethyl adjacent to an activating group) is 1. The summed E-state index contributed by atoms with van der Waals surface area (Å²) in [5.41, 5.74) is -0.468. The van der Waals surface area contributed by atoms with Crippen LogP contribution >= 0.6 is 0 Å². The number of benzene rings is 1. The molecule has 9 atom stereocenters. The number of carbonyl (C=O) groups is 6. The average molecular weight is 857 g/mol. The van der Waals surface area contributed by atoms with Crippen LogP contribution in [-0.4, -0.2) is 158 Å². The molecule has 3 fully saturated rings. The van der Waals surface area contributed by atoms with Gasteiger partial charge in [0.1, 0.15) is 17.7 Å². The number of urea groups is 1. The number of piperidine rings is 1. The summed E-state index contributed by atoms with van der Waals surface area (Å²) in [5, 5.41) is 5.85. The monoisotopic (exact) mass is 857 g/mol. The lowest BCUT2D eigenvalue weighted by Gasteiger charge is -2.42. The van der Waals surface area contributed by atoms with Gasteiger partial charge >= 0.3 is 18.1 Å². The number of hydrogen-bond donors (Lipinski definition) is 2. The van der Waals surface area contributed by atoms with Crippen LogP contribution in [0, 0.1) is 23.7 Å². The molecule has 3 aliphatic rings. The smallest absolute Gasteiger partial charge is 0.410 e. The fraction of sp³-hybridized carbons (Fsp3) is 0.733. The summed E-state index contributed by atoms with van der Waals surface area (Å²) in [4.78, 5) is 88.4. The van der Waals surface area contributed by atoms with Crippen molar-refractivity contribution in [1.82, 2.24) is 30.2 Å². The Labute approximate surface area is 362 Å². The molecule has 2 aliphatic heterocycles. The molecule has 2 unspecified atom stereocenters. The molecule has 1 saturated carbocycles. The zero-order valence-electron chi connectivity index (χ0n) is 38.5. The minimum Gasteiger partial charge on any atom is -0.467 e. The lowest BCUT2D eigenvalue weighted by molar-refractivity contribution is -0.150. The molecule has 0 bridgehead atoms. The molecule has 2 N–H and O–H groups in total. The Hall–Kier alpha value is -4.44. The van der Waals surface area contributed by atoms with Crippen molar-refractivity contribution in [3.63, 3.8) is 0 Å². The predicted octanol–water partition coefficient (Wildman–Crippen LogP) is 4.09. The number of ether oxygens (including phenoxy) is 4. The SMILES string of the molecule is CC[C@H](C)[C@@H]([C@@H](CC(=O)N1CCC2C[C@@]21C(OC)[C@@H](C)C(=O)N[C@@H](Cc1ccccc1)C(=O)OC)OC)N(C)C(=O)[C@@H](NC(=O)N1CCN(C(=O)OC(C)(C)C)CC1)C(C)C. The molecular weight excluding hydrogens is 785 g/mol. The van der Waals surface area contributed by atoms with Gasteiger partial charge < -0.3 is 49.2 Å². The number of piperazine rings is 1. The van der Waals surface area contributed by atoms with Gasteiger partial charge in [-0.2, -0.15) is 0 Å².